The molecule has 33 heavy (non-hydrogen) atoms. The lowest BCUT2D eigenvalue weighted by atomic mass is 9.88. The fourth-order valence-corrected chi connectivity index (χ4v) is 5.51. The van der Waals surface area contributed by atoms with E-state index in [4.69, 9.17) is 10.5 Å². The van der Waals surface area contributed by atoms with Gasteiger partial charge >= 0.3 is 12.1 Å². The normalized spacial score (nSPS) is 18.8. The number of ether oxygens (including phenoxy) is 1. The van der Waals surface area contributed by atoms with Gasteiger partial charge in [-0.15, -0.1) is 0 Å². The second kappa shape index (κ2) is 8.14. The Kier molecular flexibility index (Phi) is 5.74. The van der Waals surface area contributed by atoms with Gasteiger partial charge in [-0.2, -0.15) is 13.2 Å². The fourth-order valence-electron chi connectivity index (χ4n) is 4.04. The summed E-state index contributed by atoms with van der Waals surface area (Å²) >= 11 is 0. The van der Waals surface area contributed by atoms with Crippen molar-refractivity contribution in [3.63, 3.8) is 0 Å². The number of aromatic amines is 1. The van der Waals surface area contributed by atoms with Crippen LogP contribution >= 0.6 is 7.14 Å². The highest BCUT2D eigenvalue weighted by Gasteiger charge is 2.37. The van der Waals surface area contributed by atoms with Crippen LogP contribution in [0.5, 0.6) is 0 Å². The number of H-pyrrole nitrogens is 1. The third kappa shape index (κ3) is 4.35. The van der Waals surface area contributed by atoms with Gasteiger partial charge in [0.05, 0.1) is 23.9 Å². The summed E-state index contributed by atoms with van der Waals surface area (Å²) in [5.74, 6) is -0.623. The van der Waals surface area contributed by atoms with E-state index in [1.54, 1.807) is 0 Å². The van der Waals surface area contributed by atoms with Crippen molar-refractivity contribution in [1.82, 2.24) is 15.0 Å². The van der Waals surface area contributed by atoms with E-state index in [9.17, 15) is 22.5 Å². The molecular weight excluding hydrogens is 458 g/mol. The zero-order chi connectivity index (χ0) is 24.1. The van der Waals surface area contributed by atoms with Crippen LogP contribution in [0.4, 0.5) is 19.1 Å². The molecule has 1 saturated carbocycles. The van der Waals surface area contributed by atoms with Crippen LogP contribution in [0.3, 0.4) is 0 Å². The first kappa shape index (κ1) is 23.3. The molecule has 0 unspecified atom stereocenters. The number of nitrogens with two attached hydrogens (primary N) is 1. The van der Waals surface area contributed by atoms with Crippen LogP contribution in [-0.2, 0) is 15.5 Å². The Hall–Kier alpha value is -2.91. The molecule has 0 saturated heterocycles. The second-order valence-corrected chi connectivity index (χ2v) is 11.6. The lowest BCUT2D eigenvalue weighted by molar-refractivity contribution is -0.137. The van der Waals surface area contributed by atoms with Crippen LogP contribution in [0.25, 0.3) is 22.2 Å². The van der Waals surface area contributed by atoms with Crippen LogP contribution in [0.2, 0.25) is 0 Å². The molecule has 0 aliphatic heterocycles. The summed E-state index contributed by atoms with van der Waals surface area (Å²) in [6, 6.07) is 2.94. The summed E-state index contributed by atoms with van der Waals surface area (Å²) in [4.78, 5) is 23.2. The smallest absolute Gasteiger partial charge is 0.419 e. The zero-order valence-corrected chi connectivity index (χ0v) is 19.1. The number of hydrogen-bond acceptors (Lipinski definition) is 7. The molecule has 1 aliphatic rings. The van der Waals surface area contributed by atoms with Crippen LogP contribution < -0.4 is 16.4 Å². The molecule has 2 aromatic heterocycles. The van der Waals surface area contributed by atoms with E-state index < -0.39 is 24.9 Å². The Morgan fingerprint density at radius 1 is 1.30 bits per heavy atom. The van der Waals surface area contributed by atoms with E-state index >= 15 is 0 Å². The number of aromatic nitrogens is 3. The van der Waals surface area contributed by atoms with E-state index in [1.807, 2.05) is 0 Å². The molecule has 176 valence electrons. The van der Waals surface area contributed by atoms with Crippen molar-refractivity contribution >= 4 is 35.3 Å². The summed E-state index contributed by atoms with van der Waals surface area (Å²) in [6.45, 7) is 2.96. The van der Waals surface area contributed by atoms with E-state index in [0.29, 0.717) is 23.7 Å². The number of methoxy groups -OCH3 is 1. The maximum absolute atomic E-state index is 13.8. The maximum Gasteiger partial charge on any atom is 0.419 e. The minimum atomic E-state index is -4.70. The fraction of sp³-hybridized carbons (Fsp3) is 0.381. The lowest BCUT2D eigenvalue weighted by Crippen LogP contribution is -2.44. The third-order valence-electron chi connectivity index (χ3n) is 5.63. The van der Waals surface area contributed by atoms with E-state index in [2.05, 4.69) is 20.3 Å². The quantitative estimate of drug-likeness (QED) is 0.376. The predicted octanol–water partition coefficient (Wildman–Crippen LogP) is 3.58. The molecule has 12 heteroatoms. The summed E-state index contributed by atoms with van der Waals surface area (Å²) < 4.78 is 59.3. The maximum atomic E-state index is 13.8. The number of rotatable bonds is 5. The molecular formula is C21H23F3N5O3P. The molecule has 4 rings (SSSR count). The van der Waals surface area contributed by atoms with Gasteiger partial charge in [0, 0.05) is 40.7 Å². The van der Waals surface area contributed by atoms with E-state index in [0.717, 1.165) is 6.20 Å². The highest BCUT2D eigenvalue weighted by atomic mass is 31.2. The number of esters is 1. The number of alkyl halides is 3. The highest BCUT2D eigenvalue weighted by Crippen LogP contribution is 2.43. The second-order valence-electron chi connectivity index (χ2n) is 8.46. The van der Waals surface area contributed by atoms with Crippen molar-refractivity contribution in [2.45, 2.75) is 31.1 Å². The first-order valence-electron chi connectivity index (χ1n) is 10.1. The monoisotopic (exact) mass is 481 g/mol. The van der Waals surface area contributed by atoms with Crippen LogP contribution in [0.1, 0.15) is 28.8 Å². The number of hydrogen-bond donors (Lipinski definition) is 3. The van der Waals surface area contributed by atoms with Gasteiger partial charge in [-0.05, 0) is 32.2 Å². The molecule has 1 aliphatic carbocycles. The molecule has 2 heterocycles. The van der Waals surface area contributed by atoms with E-state index in [1.165, 1.54) is 38.8 Å². The van der Waals surface area contributed by atoms with E-state index in [-0.39, 0.29) is 40.2 Å². The molecule has 1 aromatic carbocycles. The Morgan fingerprint density at radius 2 is 2.00 bits per heavy atom. The number of nitrogens with one attached hydrogen (secondary N) is 2. The van der Waals surface area contributed by atoms with Gasteiger partial charge in [0.2, 0.25) is 5.95 Å². The summed E-state index contributed by atoms with van der Waals surface area (Å²) in [7, 11) is -1.83. The highest BCUT2D eigenvalue weighted by molar-refractivity contribution is 7.70. The van der Waals surface area contributed by atoms with Gasteiger partial charge in [0.1, 0.15) is 12.7 Å². The first-order chi connectivity index (χ1) is 15.4. The summed E-state index contributed by atoms with van der Waals surface area (Å²) in [6.07, 6.45) is -1.23. The molecule has 0 amide bonds. The van der Waals surface area contributed by atoms with Crippen molar-refractivity contribution < 1.29 is 27.3 Å². The molecule has 8 nitrogen and oxygen atoms in total. The largest absolute Gasteiger partial charge is 0.465 e. The van der Waals surface area contributed by atoms with Gasteiger partial charge in [-0.3, -0.25) is 0 Å². The third-order valence-corrected chi connectivity index (χ3v) is 7.17. The summed E-state index contributed by atoms with van der Waals surface area (Å²) in [5, 5.41) is 3.58. The van der Waals surface area contributed by atoms with Crippen LogP contribution in [0.15, 0.2) is 24.5 Å². The molecule has 4 N–H and O–H groups in total. The first-order valence-corrected chi connectivity index (χ1v) is 12.7. The standard InChI is InChI=1S/C21H23F3N5O3P/c1-32-19(30)13-5-4-12-14(8-26-17(12)18(13)33(2,3)31)16-15(21(22,23)24)9-27-20(29-16)28-11-6-10(25)7-11/h4-5,8-11,26H,6-7,25H2,1-3H3,(H,27,28,29)/t10-,11-. The Balaban J connectivity index is 1.91. The number of anilines is 1. The molecule has 0 bridgehead atoms. The number of fused-ring (bicyclic) bond motifs is 1. The van der Waals surface area contributed by atoms with Crippen molar-refractivity contribution in [1.29, 1.82) is 0 Å². The minimum absolute atomic E-state index is 0.00663. The molecule has 0 atom stereocenters. The number of carbonyl (C=O) groups is 1. The minimum Gasteiger partial charge on any atom is -0.465 e. The molecule has 0 radical (unpaired) electrons. The average molecular weight is 481 g/mol. The SMILES string of the molecule is COC(=O)c1ccc2c(-c3nc(N[C@H]4C[C@H](N)C4)ncc3C(F)(F)F)c[nH]c2c1P(C)(C)=O. The Labute approximate surface area is 187 Å². The lowest BCUT2D eigenvalue weighted by Gasteiger charge is -2.33. The Bertz CT molecular complexity index is 1280. The van der Waals surface area contributed by atoms with Crippen molar-refractivity contribution in [2.75, 3.05) is 25.8 Å². The topological polar surface area (TPSA) is 123 Å². The molecule has 3 aromatic rings. The van der Waals surface area contributed by atoms with Crippen LogP contribution in [-0.4, -0.2) is 53.4 Å². The van der Waals surface area contributed by atoms with Gasteiger partial charge in [-0.1, -0.05) is 6.07 Å². The van der Waals surface area contributed by atoms with Crippen molar-refractivity contribution in [2.24, 2.45) is 5.73 Å². The van der Waals surface area contributed by atoms with Gasteiger partial charge < -0.3 is 25.3 Å². The van der Waals surface area contributed by atoms with Gasteiger partial charge in [0.25, 0.3) is 0 Å². The van der Waals surface area contributed by atoms with Gasteiger partial charge in [0.15, 0.2) is 0 Å². The van der Waals surface area contributed by atoms with Gasteiger partial charge in [-0.25, -0.2) is 14.8 Å². The predicted molar refractivity (Wildman–Crippen MR) is 119 cm³/mol. The number of halogens is 3. The van der Waals surface area contributed by atoms with Crippen molar-refractivity contribution in [3.05, 3.63) is 35.7 Å². The average Bonchev–Trinajstić information content (AvgIpc) is 3.13. The Morgan fingerprint density at radius 3 is 2.58 bits per heavy atom. The number of benzene rings is 1. The molecule has 1 fully saturated rings. The number of nitrogens with zero attached hydrogens (tertiary/aromatic N) is 2. The zero-order valence-electron chi connectivity index (χ0n) is 18.2. The summed E-state index contributed by atoms with van der Waals surface area (Å²) in [5.41, 5.74) is 4.99. The molecule has 0 spiro atoms. The number of carbonyl (C=O) groups excluding carboxylic acids is 1. The van der Waals surface area contributed by atoms with Crippen LogP contribution in [0, 0.1) is 0 Å². The van der Waals surface area contributed by atoms with Crippen molar-refractivity contribution in [3.8, 4) is 11.3 Å².